The molecule has 0 fully saturated rings. The van der Waals surface area contributed by atoms with Gasteiger partial charge in [-0.15, -0.1) is 21.5 Å². The monoisotopic (exact) mass is 410 g/mol. The van der Waals surface area contributed by atoms with Crippen LogP contribution in [0.5, 0.6) is 0 Å². The Hall–Kier alpha value is -1.90. The summed E-state index contributed by atoms with van der Waals surface area (Å²) < 4.78 is 15.1. The van der Waals surface area contributed by atoms with Gasteiger partial charge in [0.15, 0.2) is 5.16 Å². The van der Waals surface area contributed by atoms with Gasteiger partial charge in [0.25, 0.3) is 0 Å². The maximum Gasteiger partial charge on any atom is 0.237 e. The molecular formula is C17H16ClFN4OS2. The number of thioether (sulfide) groups is 1. The highest BCUT2D eigenvalue weighted by Crippen LogP contribution is 2.25. The maximum absolute atomic E-state index is 13.2. The Kier molecular flexibility index (Phi) is 5.95. The van der Waals surface area contributed by atoms with Crippen molar-refractivity contribution in [2.45, 2.75) is 23.8 Å². The summed E-state index contributed by atoms with van der Waals surface area (Å²) >= 11 is 8.72. The van der Waals surface area contributed by atoms with Gasteiger partial charge in [-0.1, -0.05) is 29.4 Å². The maximum atomic E-state index is 13.2. The van der Waals surface area contributed by atoms with Crippen LogP contribution >= 0.6 is 34.7 Å². The summed E-state index contributed by atoms with van der Waals surface area (Å²) in [6, 6.07) is 8.12. The summed E-state index contributed by atoms with van der Waals surface area (Å²) in [5.41, 5.74) is 0.449. The van der Waals surface area contributed by atoms with E-state index in [4.69, 9.17) is 11.6 Å². The lowest BCUT2D eigenvalue weighted by Crippen LogP contribution is -2.22. The summed E-state index contributed by atoms with van der Waals surface area (Å²) in [5, 5.41) is 13.4. The fourth-order valence-corrected chi connectivity index (χ4v) is 3.92. The molecule has 0 spiro atoms. The second-order valence-electron chi connectivity index (χ2n) is 5.59. The predicted molar refractivity (Wildman–Crippen MR) is 103 cm³/mol. The molecule has 2 aromatic heterocycles. The molecule has 5 nitrogen and oxygen atoms in total. The van der Waals surface area contributed by atoms with E-state index in [1.807, 2.05) is 23.1 Å². The van der Waals surface area contributed by atoms with Crippen LogP contribution in [0.15, 0.2) is 40.9 Å². The molecule has 1 atom stereocenters. The predicted octanol–water partition coefficient (Wildman–Crippen LogP) is 4.38. The van der Waals surface area contributed by atoms with Crippen LogP contribution in [0.4, 0.5) is 10.1 Å². The van der Waals surface area contributed by atoms with Crippen molar-refractivity contribution in [1.82, 2.24) is 14.8 Å². The summed E-state index contributed by atoms with van der Waals surface area (Å²) in [5.74, 6) is 0.0952. The van der Waals surface area contributed by atoms with Crippen LogP contribution in [-0.2, 0) is 18.3 Å². The highest BCUT2D eigenvalue weighted by Gasteiger charge is 2.19. The van der Waals surface area contributed by atoms with E-state index >= 15 is 0 Å². The van der Waals surface area contributed by atoms with Crippen LogP contribution in [0.3, 0.4) is 0 Å². The Balaban J connectivity index is 1.63. The van der Waals surface area contributed by atoms with Crippen molar-refractivity contribution in [3.63, 3.8) is 0 Å². The number of rotatable bonds is 6. The number of nitrogens with zero attached hydrogens (tertiary/aromatic N) is 3. The lowest BCUT2D eigenvalue weighted by Gasteiger charge is -2.12. The number of hydrogen-bond donors (Lipinski definition) is 1. The van der Waals surface area contributed by atoms with Gasteiger partial charge in [0, 0.05) is 24.0 Å². The molecule has 3 aromatic rings. The van der Waals surface area contributed by atoms with Crippen LogP contribution in [-0.4, -0.2) is 25.9 Å². The molecule has 26 heavy (non-hydrogen) atoms. The van der Waals surface area contributed by atoms with E-state index in [0.717, 1.165) is 5.82 Å². The first kappa shape index (κ1) is 18.9. The van der Waals surface area contributed by atoms with Gasteiger partial charge in [0.05, 0.1) is 10.3 Å². The Morgan fingerprint density at radius 3 is 2.92 bits per heavy atom. The molecule has 0 saturated carbocycles. The summed E-state index contributed by atoms with van der Waals surface area (Å²) in [6.07, 6.45) is 0.705. The van der Waals surface area contributed by atoms with E-state index in [2.05, 4.69) is 21.6 Å². The molecule has 136 valence electrons. The van der Waals surface area contributed by atoms with Crippen molar-refractivity contribution in [3.05, 3.63) is 57.3 Å². The third kappa shape index (κ3) is 4.44. The molecule has 0 unspecified atom stereocenters. The van der Waals surface area contributed by atoms with Crippen molar-refractivity contribution in [1.29, 1.82) is 0 Å². The number of carbonyl (C=O) groups is 1. The van der Waals surface area contributed by atoms with E-state index in [0.29, 0.717) is 17.3 Å². The summed E-state index contributed by atoms with van der Waals surface area (Å²) in [6.45, 7) is 1.78. The van der Waals surface area contributed by atoms with Crippen molar-refractivity contribution in [2.24, 2.45) is 7.05 Å². The standard InChI is InChI=1S/C17H16ClFN4OS2/c1-10(16(24)20-11-5-6-14(19)13(18)8-11)26-17-22-21-15(23(17)2)9-12-4-3-7-25-12/h3-8,10H,9H2,1-2H3,(H,20,24)/t10-/m0/s1. The van der Waals surface area contributed by atoms with Gasteiger partial charge in [-0.3, -0.25) is 4.79 Å². The minimum atomic E-state index is -0.524. The SMILES string of the molecule is C[C@H](Sc1nnc(Cc2cccs2)n1C)C(=O)Nc1ccc(F)c(Cl)c1. The highest BCUT2D eigenvalue weighted by molar-refractivity contribution is 8.00. The number of amides is 1. The van der Waals surface area contributed by atoms with Crippen molar-refractivity contribution in [3.8, 4) is 0 Å². The van der Waals surface area contributed by atoms with Crippen LogP contribution in [0.25, 0.3) is 0 Å². The molecule has 0 aliphatic carbocycles. The van der Waals surface area contributed by atoms with E-state index in [-0.39, 0.29) is 10.9 Å². The van der Waals surface area contributed by atoms with E-state index in [9.17, 15) is 9.18 Å². The van der Waals surface area contributed by atoms with Crippen LogP contribution in [0, 0.1) is 5.82 Å². The fourth-order valence-electron chi connectivity index (χ4n) is 2.20. The van der Waals surface area contributed by atoms with Crippen molar-refractivity contribution < 1.29 is 9.18 Å². The van der Waals surface area contributed by atoms with Crippen LogP contribution in [0.2, 0.25) is 5.02 Å². The molecule has 1 aromatic carbocycles. The Labute approximate surface area is 163 Å². The average molecular weight is 411 g/mol. The van der Waals surface area contributed by atoms with Crippen LogP contribution in [0.1, 0.15) is 17.6 Å². The van der Waals surface area contributed by atoms with E-state index in [1.165, 1.54) is 34.8 Å². The van der Waals surface area contributed by atoms with Gasteiger partial charge in [-0.25, -0.2) is 4.39 Å². The first-order chi connectivity index (χ1) is 12.4. The average Bonchev–Trinajstić information content (AvgIpc) is 3.23. The third-order valence-corrected chi connectivity index (χ3v) is 5.98. The Morgan fingerprint density at radius 1 is 1.42 bits per heavy atom. The number of carbonyl (C=O) groups excluding carboxylic acids is 1. The largest absolute Gasteiger partial charge is 0.325 e. The lowest BCUT2D eigenvalue weighted by atomic mass is 10.3. The van der Waals surface area contributed by atoms with E-state index in [1.54, 1.807) is 18.3 Å². The van der Waals surface area contributed by atoms with Gasteiger partial charge < -0.3 is 9.88 Å². The fraction of sp³-hybridized carbons (Fsp3) is 0.235. The molecule has 0 aliphatic heterocycles. The zero-order chi connectivity index (χ0) is 18.7. The van der Waals surface area contributed by atoms with E-state index < -0.39 is 11.1 Å². The Bertz CT molecular complexity index is 914. The van der Waals surface area contributed by atoms with Gasteiger partial charge in [0.2, 0.25) is 5.91 Å². The second kappa shape index (κ2) is 8.20. The minimum absolute atomic E-state index is 0.0328. The summed E-state index contributed by atoms with van der Waals surface area (Å²) in [7, 11) is 1.88. The molecule has 0 radical (unpaired) electrons. The molecule has 1 N–H and O–H groups in total. The first-order valence-electron chi connectivity index (χ1n) is 7.77. The van der Waals surface area contributed by atoms with Gasteiger partial charge in [0.1, 0.15) is 11.6 Å². The van der Waals surface area contributed by atoms with Crippen LogP contribution < -0.4 is 5.32 Å². The van der Waals surface area contributed by atoms with Gasteiger partial charge in [-0.2, -0.15) is 0 Å². The molecule has 0 saturated heterocycles. The third-order valence-electron chi connectivity index (χ3n) is 3.68. The number of aromatic nitrogens is 3. The molecule has 0 bridgehead atoms. The highest BCUT2D eigenvalue weighted by atomic mass is 35.5. The number of nitrogens with one attached hydrogen (secondary N) is 1. The molecule has 9 heteroatoms. The second-order valence-corrected chi connectivity index (χ2v) is 8.34. The van der Waals surface area contributed by atoms with Crippen molar-refractivity contribution in [2.75, 3.05) is 5.32 Å². The molecule has 1 amide bonds. The number of anilines is 1. The number of benzene rings is 1. The Morgan fingerprint density at radius 2 is 2.23 bits per heavy atom. The normalized spacial score (nSPS) is 12.2. The lowest BCUT2D eigenvalue weighted by molar-refractivity contribution is -0.115. The zero-order valence-corrected chi connectivity index (χ0v) is 16.5. The zero-order valence-electron chi connectivity index (χ0n) is 14.1. The minimum Gasteiger partial charge on any atom is -0.325 e. The molecular weight excluding hydrogens is 395 g/mol. The molecule has 3 rings (SSSR count). The number of hydrogen-bond acceptors (Lipinski definition) is 5. The quantitative estimate of drug-likeness (QED) is 0.612. The summed E-state index contributed by atoms with van der Waals surface area (Å²) in [4.78, 5) is 13.6. The van der Waals surface area contributed by atoms with Gasteiger partial charge in [-0.05, 0) is 36.6 Å². The first-order valence-corrected chi connectivity index (χ1v) is 9.91. The van der Waals surface area contributed by atoms with Crippen molar-refractivity contribution >= 4 is 46.3 Å². The topological polar surface area (TPSA) is 59.8 Å². The molecule has 0 aliphatic rings. The molecule has 2 heterocycles. The number of thiophene rings is 1. The number of halogens is 2. The van der Waals surface area contributed by atoms with Gasteiger partial charge >= 0.3 is 0 Å². The smallest absolute Gasteiger partial charge is 0.237 e.